The molecule has 0 aliphatic carbocycles. The zero-order valence-electron chi connectivity index (χ0n) is 10.8. The number of carboxylic acids is 1. The van der Waals surface area contributed by atoms with Gasteiger partial charge in [-0.3, -0.25) is 9.52 Å². The van der Waals surface area contributed by atoms with Crippen molar-refractivity contribution in [3.63, 3.8) is 0 Å². The number of hydrogen-bond acceptors (Lipinski definition) is 3. The quantitative estimate of drug-likeness (QED) is 0.848. The number of aliphatic carboxylic acids is 1. The maximum absolute atomic E-state index is 12.3. The summed E-state index contributed by atoms with van der Waals surface area (Å²) in [5, 5.41) is 8.86. The van der Waals surface area contributed by atoms with Crippen molar-refractivity contribution in [2.75, 3.05) is 4.72 Å². The van der Waals surface area contributed by atoms with Crippen LogP contribution in [-0.2, 0) is 21.2 Å². The smallest absolute Gasteiger partial charge is 0.307 e. The molecule has 0 spiro atoms. The third-order valence-electron chi connectivity index (χ3n) is 2.71. The third kappa shape index (κ3) is 4.05. The van der Waals surface area contributed by atoms with E-state index in [4.69, 9.17) is 5.11 Å². The van der Waals surface area contributed by atoms with Gasteiger partial charge in [-0.1, -0.05) is 40.2 Å². The Bertz CT molecular complexity index is 774. The van der Waals surface area contributed by atoms with Crippen LogP contribution in [0.5, 0.6) is 0 Å². The average Bonchev–Trinajstić information content (AvgIpc) is 2.40. The van der Waals surface area contributed by atoms with E-state index >= 15 is 0 Å². The van der Waals surface area contributed by atoms with E-state index in [0.717, 1.165) is 0 Å². The number of para-hydroxylation sites is 1. The predicted octanol–water partition coefficient (Wildman–Crippen LogP) is 2.88. The molecule has 0 heterocycles. The fourth-order valence-corrected chi connectivity index (χ4v) is 3.47. The first-order valence-corrected chi connectivity index (χ1v) is 8.24. The lowest BCUT2D eigenvalue weighted by atomic mass is 10.1. The summed E-state index contributed by atoms with van der Waals surface area (Å²) in [5.74, 6) is -1.02. The molecule has 2 aromatic rings. The van der Waals surface area contributed by atoms with E-state index in [0.29, 0.717) is 10.0 Å². The van der Waals surface area contributed by atoms with E-state index in [-0.39, 0.29) is 17.0 Å². The Morgan fingerprint density at radius 3 is 2.52 bits per heavy atom. The van der Waals surface area contributed by atoms with Gasteiger partial charge in [0.2, 0.25) is 0 Å². The van der Waals surface area contributed by atoms with Crippen molar-refractivity contribution < 1.29 is 18.3 Å². The highest BCUT2D eigenvalue weighted by Gasteiger charge is 2.16. The van der Waals surface area contributed by atoms with Gasteiger partial charge in [0, 0.05) is 4.47 Å². The zero-order valence-corrected chi connectivity index (χ0v) is 13.2. The second-order valence-corrected chi connectivity index (χ2v) is 6.89. The summed E-state index contributed by atoms with van der Waals surface area (Å²) in [7, 11) is -3.77. The van der Waals surface area contributed by atoms with E-state index < -0.39 is 16.0 Å². The molecule has 0 saturated heterocycles. The van der Waals surface area contributed by atoms with Crippen LogP contribution in [0.1, 0.15) is 5.56 Å². The predicted molar refractivity (Wildman–Crippen MR) is 82.7 cm³/mol. The largest absolute Gasteiger partial charge is 0.481 e. The molecule has 0 radical (unpaired) electrons. The summed E-state index contributed by atoms with van der Waals surface area (Å²) in [4.78, 5) is 10.9. The molecule has 0 aromatic heterocycles. The second-order valence-electron chi connectivity index (χ2n) is 4.29. The van der Waals surface area contributed by atoms with Crippen LogP contribution < -0.4 is 4.72 Å². The molecule has 21 heavy (non-hydrogen) atoms. The number of carboxylic acid groups (broad SMARTS) is 1. The Labute approximate surface area is 130 Å². The summed E-state index contributed by atoms with van der Waals surface area (Å²) in [6.45, 7) is 0. The summed E-state index contributed by atoms with van der Waals surface area (Å²) in [5.41, 5.74) is 0.670. The zero-order chi connectivity index (χ0) is 15.5. The van der Waals surface area contributed by atoms with Crippen molar-refractivity contribution in [1.29, 1.82) is 0 Å². The first-order chi connectivity index (χ1) is 9.88. The van der Waals surface area contributed by atoms with Gasteiger partial charge in [0.15, 0.2) is 0 Å². The van der Waals surface area contributed by atoms with E-state index in [1.807, 2.05) is 0 Å². The molecule has 0 aliphatic rings. The van der Waals surface area contributed by atoms with Gasteiger partial charge in [0.25, 0.3) is 10.0 Å². The Morgan fingerprint density at radius 2 is 1.86 bits per heavy atom. The molecule has 2 rings (SSSR count). The summed E-state index contributed by atoms with van der Waals surface area (Å²) in [6.07, 6.45) is -0.253. The standard InChI is InChI=1S/C14H12BrNO4S/c15-11-5-3-6-12(9-11)21(19,20)16-13-7-2-1-4-10(13)8-14(17)18/h1-7,9,16H,8H2,(H,17,18). The van der Waals surface area contributed by atoms with Crippen LogP contribution in [0, 0.1) is 0 Å². The van der Waals surface area contributed by atoms with Gasteiger partial charge < -0.3 is 5.11 Å². The second kappa shape index (κ2) is 6.28. The fraction of sp³-hybridized carbons (Fsp3) is 0.0714. The van der Waals surface area contributed by atoms with Gasteiger partial charge >= 0.3 is 5.97 Å². The van der Waals surface area contributed by atoms with Gasteiger partial charge in [-0.15, -0.1) is 0 Å². The van der Waals surface area contributed by atoms with Gasteiger partial charge in [-0.2, -0.15) is 0 Å². The highest BCUT2D eigenvalue weighted by Crippen LogP contribution is 2.22. The Morgan fingerprint density at radius 1 is 1.14 bits per heavy atom. The minimum Gasteiger partial charge on any atom is -0.481 e. The third-order valence-corrected chi connectivity index (χ3v) is 4.57. The van der Waals surface area contributed by atoms with Crippen molar-refractivity contribution in [3.8, 4) is 0 Å². The van der Waals surface area contributed by atoms with Crippen LogP contribution in [0.3, 0.4) is 0 Å². The molecule has 0 atom stereocenters. The van der Waals surface area contributed by atoms with Gasteiger partial charge in [-0.05, 0) is 29.8 Å². The number of rotatable bonds is 5. The van der Waals surface area contributed by atoms with Crippen LogP contribution in [-0.4, -0.2) is 19.5 Å². The summed E-state index contributed by atoms with van der Waals surface area (Å²) in [6, 6.07) is 12.7. The monoisotopic (exact) mass is 369 g/mol. The fourth-order valence-electron chi connectivity index (χ4n) is 1.77. The molecule has 5 nitrogen and oxygen atoms in total. The lowest BCUT2D eigenvalue weighted by Crippen LogP contribution is -2.15. The number of halogens is 1. The number of anilines is 1. The van der Waals surface area contributed by atoms with Crippen LogP contribution in [0.25, 0.3) is 0 Å². The van der Waals surface area contributed by atoms with Crippen molar-refractivity contribution in [2.24, 2.45) is 0 Å². The van der Waals surface area contributed by atoms with Crippen LogP contribution in [0.2, 0.25) is 0 Å². The first-order valence-electron chi connectivity index (χ1n) is 5.96. The normalized spacial score (nSPS) is 11.1. The Kier molecular flexibility index (Phi) is 4.64. The highest BCUT2D eigenvalue weighted by molar-refractivity contribution is 9.10. The van der Waals surface area contributed by atoms with Gasteiger partial charge in [0.05, 0.1) is 17.0 Å². The molecule has 110 valence electrons. The molecular formula is C14H12BrNO4S. The minimum atomic E-state index is -3.77. The van der Waals surface area contributed by atoms with E-state index in [9.17, 15) is 13.2 Å². The number of hydrogen-bond donors (Lipinski definition) is 2. The molecule has 0 unspecified atom stereocenters. The molecule has 0 fully saturated rings. The highest BCUT2D eigenvalue weighted by atomic mass is 79.9. The van der Waals surface area contributed by atoms with Crippen LogP contribution >= 0.6 is 15.9 Å². The van der Waals surface area contributed by atoms with Crippen molar-refractivity contribution >= 4 is 37.6 Å². The number of carbonyl (C=O) groups is 1. The van der Waals surface area contributed by atoms with Crippen molar-refractivity contribution in [2.45, 2.75) is 11.3 Å². The first kappa shape index (κ1) is 15.5. The topological polar surface area (TPSA) is 83.5 Å². The number of nitrogens with one attached hydrogen (secondary N) is 1. The average molecular weight is 370 g/mol. The lowest BCUT2D eigenvalue weighted by Gasteiger charge is -2.11. The van der Waals surface area contributed by atoms with E-state index in [1.165, 1.54) is 18.2 Å². The number of sulfonamides is 1. The molecule has 0 saturated carbocycles. The Hall–Kier alpha value is -1.86. The molecule has 2 N–H and O–H groups in total. The molecule has 0 aliphatic heterocycles. The SMILES string of the molecule is O=C(O)Cc1ccccc1NS(=O)(=O)c1cccc(Br)c1. The summed E-state index contributed by atoms with van der Waals surface area (Å²) < 4.78 is 27.7. The molecule has 2 aromatic carbocycles. The maximum atomic E-state index is 12.3. The molecule has 7 heteroatoms. The van der Waals surface area contributed by atoms with E-state index in [1.54, 1.807) is 30.3 Å². The molecule has 0 bridgehead atoms. The molecule has 0 amide bonds. The van der Waals surface area contributed by atoms with Crippen LogP contribution in [0.15, 0.2) is 57.9 Å². The maximum Gasteiger partial charge on any atom is 0.307 e. The van der Waals surface area contributed by atoms with Crippen molar-refractivity contribution in [1.82, 2.24) is 0 Å². The number of benzene rings is 2. The summed E-state index contributed by atoms with van der Waals surface area (Å²) >= 11 is 3.22. The van der Waals surface area contributed by atoms with Gasteiger partial charge in [-0.25, -0.2) is 8.42 Å². The van der Waals surface area contributed by atoms with Gasteiger partial charge in [0.1, 0.15) is 0 Å². The minimum absolute atomic E-state index is 0.0991. The van der Waals surface area contributed by atoms with Crippen molar-refractivity contribution in [3.05, 3.63) is 58.6 Å². The Balaban J connectivity index is 2.35. The lowest BCUT2D eigenvalue weighted by molar-refractivity contribution is -0.136. The van der Waals surface area contributed by atoms with E-state index in [2.05, 4.69) is 20.7 Å². The molecular weight excluding hydrogens is 358 g/mol. The van der Waals surface area contributed by atoms with Crippen LogP contribution in [0.4, 0.5) is 5.69 Å².